The molecule has 4 aromatic carbocycles. The average Bonchev–Trinajstić information content (AvgIpc) is 2.96. The van der Waals surface area contributed by atoms with Crippen molar-refractivity contribution in [2.24, 2.45) is 0 Å². The van der Waals surface area contributed by atoms with Crippen molar-refractivity contribution >= 4 is 50.8 Å². The number of carbonyl (C=O) groups excluding carboxylic acids is 2. The van der Waals surface area contributed by atoms with Gasteiger partial charge in [-0.15, -0.1) is 11.8 Å². The van der Waals surface area contributed by atoms with Crippen LogP contribution in [0.4, 0.5) is 26.7 Å². The summed E-state index contributed by atoms with van der Waals surface area (Å²) in [7, 11) is -3.62. The van der Waals surface area contributed by atoms with E-state index in [1.807, 2.05) is 60.9 Å². The molecule has 8 nitrogen and oxygen atoms in total. The zero-order chi connectivity index (χ0) is 33.9. The molecular formula is C36H40N2O6S2. The second-order valence-corrected chi connectivity index (χ2v) is 15.5. The van der Waals surface area contributed by atoms with Gasteiger partial charge in [0.1, 0.15) is 11.2 Å². The molecule has 4 aromatic rings. The van der Waals surface area contributed by atoms with Gasteiger partial charge in [-0.2, -0.15) is 0 Å². The van der Waals surface area contributed by atoms with Crippen molar-refractivity contribution in [3.05, 3.63) is 91.0 Å². The molecule has 0 atom stereocenters. The third-order valence-corrected chi connectivity index (χ3v) is 8.56. The highest BCUT2D eigenvalue weighted by molar-refractivity contribution is 7.99. The lowest BCUT2D eigenvalue weighted by molar-refractivity contribution is 0.0592. The molecule has 2 amide bonds. The van der Waals surface area contributed by atoms with Crippen LogP contribution in [-0.4, -0.2) is 44.3 Å². The zero-order valence-electron chi connectivity index (χ0n) is 27.4. The molecule has 0 aliphatic heterocycles. The number of carbonyl (C=O) groups is 2. The monoisotopic (exact) mass is 660 g/mol. The summed E-state index contributed by atoms with van der Waals surface area (Å²) in [4.78, 5) is 29.4. The number of nitrogens with one attached hydrogen (secondary N) is 1. The molecule has 0 spiro atoms. The van der Waals surface area contributed by atoms with Gasteiger partial charge in [0.25, 0.3) is 0 Å². The van der Waals surface area contributed by atoms with Crippen LogP contribution in [0.3, 0.4) is 0 Å². The van der Waals surface area contributed by atoms with E-state index in [2.05, 4.69) is 5.32 Å². The molecule has 0 unspecified atom stereocenters. The molecule has 0 heterocycles. The van der Waals surface area contributed by atoms with Gasteiger partial charge in [0, 0.05) is 16.7 Å². The summed E-state index contributed by atoms with van der Waals surface area (Å²) in [5, 5.41) is 2.83. The van der Waals surface area contributed by atoms with Crippen molar-refractivity contribution in [3.63, 3.8) is 0 Å². The average molecular weight is 661 g/mol. The number of nitrogens with zero attached hydrogens (tertiary/aromatic N) is 1. The number of amides is 2. The summed E-state index contributed by atoms with van der Waals surface area (Å²) in [5.41, 5.74) is 2.41. The lowest BCUT2D eigenvalue weighted by Crippen LogP contribution is -2.35. The minimum absolute atomic E-state index is 0.139. The van der Waals surface area contributed by atoms with Crippen LogP contribution < -0.4 is 10.2 Å². The van der Waals surface area contributed by atoms with Gasteiger partial charge in [0.2, 0.25) is 0 Å². The largest absolute Gasteiger partial charge is 0.444 e. The first-order chi connectivity index (χ1) is 21.5. The molecule has 4 rings (SSSR count). The van der Waals surface area contributed by atoms with E-state index in [4.69, 9.17) is 9.47 Å². The predicted molar refractivity (Wildman–Crippen MR) is 187 cm³/mol. The molecule has 0 fully saturated rings. The van der Waals surface area contributed by atoms with E-state index in [-0.39, 0.29) is 10.6 Å². The highest BCUT2D eigenvalue weighted by Crippen LogP contribution is 2.47. The maximum atomic E-state index is 14.2. The van der Waals surface area contributed by atoms with Crippen LogP contribution in [0.2, 0.25) is 0 Å². The molecule has 0 aliphatic rings. The van der Waals surface area contributed by atoms with E-state index in [1.54, 1.807) is 77.9 Å². The van der Waals surface area contributed by atoms with Crippen molar-refractivity contribution < 1.29 is 27.5 Å². The van der Waals surface area contributed by atoms with Crippen molar-refractivity contribution in [2.75, 3.05) is 22.7 Å². The molecule has 0 saturated carbocycles. The smallest absolute Gasteiger partial charge is 0.419 e. The van der Waals surface area contributed by atoms with Crippen molar-refractivity contribution in [1.82, 2.24) is 0 Å². The Bertz CT molecular complexity index is 1830. The molecule has 1 N–H and O–H groups in total. The molecule has 46 heavy (non-hydrogen) atoms. The van der Waals surface area contributed by atoms with Crippen LogP contribution in [0.25, 0.3) is 22.3 Å². The standard InChI is InChI=1S/C36H40N2O6S2/c1-35(2,3)43-33(39)37-29-23-22-28(27-16-12-13-17-30(27)46(8,41)42)32(45-7)31(29)38(34(40)44-36(4,5)6)26-20-18-25(19-21-26)24-14-10-9-11-15-24/h9-23H,1-8H3,(H,37,39). The highest BCUT2D eigenvalue weighted by atomic mass is 32.2. The molecule has 0 aromatic heterocycles. The third-order valence-electron chi connectivity index (χ3n) is 6.58. The molecule has 0 aliphatic carbocycles. The quantitative estimate of drug-likeness (QED) is 0.197. The van der Waals surface area contributed by atoms with Gasteiger partial charge in [0.15, 0.2) is 9.84 Å². The number of rotatable bonds is 7. The Hall–Kier alpha value is -4.28. The van der Waals surface area contributed by atoms with Gasteiger partial charge in [-0.1, -0.05) is 66.7 Å². The molecule has 0 bridgehead atoms. The summed E-state index contributed by atoms with van der Waals surface area (Å²) in [6.45, 7) is 10.6. The van der Waals surface area contributed by atoms with Crippen LogP contribution in [0, 0.1) is 0 Å². The van der Waals surface area contributed by atoms with Gasteiger partial charge < -0.3 is 9.47 Å². The first-order valence-electron chi connectivity index (χ1n) is 14.7. The number of benzene rings is 4. The molecule has 0 saturated heterocycles. The van der Waals surface area contributed by atoms with Gasteiger partial charge in [-0.3, -0.25) is 5.32 Å². The Labute approximate surface area is 276 Å². The molecule has 10 heteroatoms. The third kappa shape index (κ3) is 8.50. The fourth-order valence-electron chi connectivity index (χ4n) is 4.81. The van der Waals surface area contributed by atoms with Gasteiger partial charge in [-0.05, 0) is 88.8 Å². The number of sulfone groups is 1. The van der Waals surface area contributed by atoms with E-state index < -0.39 is 33.2 Å². The fraction of sp³-hybridized carbons (Fsp3) is 0.278. The van der Waals surface area contributed by atoms with Gasteiger partial charge in [0.05, 0.1) is 22.0 Å². The van der Waals surface area contributed by atoms with Crippen LogP contribution in [0.15, 0.2) is 101 Å². The van der Waals surface area contributed by atoms with Crippen LogP contribution in [0.5, 0.6) is 0 Å². The Morgan fingerprint density at radius 1 is 0.717 bits per heavy atom. The van der Waals surface area contributed by atoms with E-state index in [9.17, 15) is 18.0 Å². The number of thioether (sulfide) groups is 1. The lowest BCUT2D eigenvalue weighted by Gasteiger charge is -2.31. The van der Waals surface area contributed by atoms with Crippen molar-refractivity contribution in [1.29, 1.82) is 0 Å². The maximum absolute atomic E-state index is 14.2. The van der Waals surface area contributed by atoms with Gasteiger partial charge in [-0.25, -0.2) is 22.9 Å². The minimum Gasteiger partial charge on any atom is -0.444 e. The first-order valence-corrected chi connectivity index (χ1v) is 17.8. The normalized spacial score (nSPS) is 11.9. The summed E-state index contributed by atoms with van der Waals surface area (Å²) >= 11 is 1.31. The summed E-state index contributed by atoms with van der Waals surface area (Å²) in [6.07, 6.45) is 1.59. The van der Waals surface area contributed by atoms with E-state index >= 15 is 0 Å². The first kappa shape index (κ1) is 34.6. The second kappa shape index (κ2) is 13.6. The number of hydrogen-bond donors (Lipinski definition) is 1. The highest BCUT2D eigenvalue weighted by Gasteiger charge is 2.32. The second-order valence-electron chi connectivity index (χ2n) is 12.7. The number of hydrogen-bond acceptors (Lipinski definition) is 7. The molecule has 242 valence electrons. The SMILES string of the molecule is CSc1c(-c2ccccc2S(C)(=O)=O)ccc(NC(=O)OC(C)(C)C)c1N(C(=O)OC(C)(C)C)c1ccc(-c2ccccc2)cc1. The topological polar surface area (TPSA) is 102 Å². The summed E-state index contributed by atoms with van der Waals surface area (Å²) < 4.78 is 37.2. The van der Waals surface area contributed by atoms with Crippen LogP contribution in [-0.2, 0) is 19.3 Å². The molecule has 0 radical (unpaired) electrons. The minimum atomic E-state index is -3.62. The van der Waals surface area contributed by atoms with Gasteiger partial charge >= 0.3 is 12.2 Å². The van der Waals surface area contributed by atoms with E-state index in [0.717, 1.165) is 17.4 Å². The maximum Gasteiger partial charge on any atom is 0.419 e. The van der Waals surface area contributed by atoms with E-state index in [1.165, 1.54) is 16.7 Å². The Balaban J connectivity index is 2.02. The zero-order valence-corrected chi connectivity index (χ0v) is 29.0. The van der Waals surface area contributed by atoms with Crippen molar-refractivity contribution in [2.45, 2.75) is 62.5 Å². The number of anilines is 3. The van der Waals surface area contributed by atoms with Crippen LogP contribution in [0.1, 0.15) is 41.5 Å². The number of ether oxygens (including phenoxy) is 2. The summed E-state index contributed by atoms with van der Waals surface area (Å²) in [5.74, 6) is 0. The van der Waals surface area contributed by atoms with Crippen molar-refractivity contribution in [3.8, 4) is 22.3 Å². The Morgan fingerprint density at radius 3 is 1.85 bits per heavy atom. The summed E-state index contributed by atoms with van der Waals surface area (Å²) in [6, 6.07) is 27.4. The lowest BCUT2D eigenvalue weighted by atomic mass is 10.0. The Morgan fingerprint density at radius 2 is 1.28 bits per heavy atom. The predicted octanol–water partition coefficient (Wildman–Crippen LogP) is 9.57. The fourth-order valence-corrected chi connectivity index (χ4v) is 6.50. The Kier molecular flexibility index (Phi) is 10.2. The van der Waals surface area contributed by atoms with Crippen LogP contribution >= 0.6 is 11.8 Å². The molecular weight excluding hydrogens is 621 g/mol. The van der Waals surface area contributed by atoms with E-state index in [0.29, 0.717) is 27.4 Å².